The normalized spacial score (nSPS) is 12.6. The molecule has 5 nitrogen and oxygen atoms in total. The molecule has 30 heavy (non-hydrogen) atoms. The zero-order valence-electron chi connectivity index (χ0n) is 18.3. The Hall–Kier alpha value is -2.60. The molecule has 2 aromatic carbocycles. The van der Waals surface area contributed by atoms with Gasteiger partial charge in [0, 0.05) is 18.7 Å². The van der Waals surface area contributed by atoms with Crippen LogP contribution in [0.4, 0.5) is 0 Å². The molecule has 0 saturated heterocycles. The van der Waals surface area contributed by atoms with Gasteiger partial charge in [-0.25, -0.2) is 0 Å². The standard InChI is InChI=1S/C24H29N3O2S/c1-6-27(7-2)22(28)20(17-11-9-8-10-12-17)30-23-26-25-21(29-23)18-13-15-19(16-14-18)24(3,4)5/h8-16,20H,6-7H2,1-5H3/t20-/m0/s1. The molecule has 0 aliphatic carbocycles. The molecule has 0 radical (unpaired) electrons. The summed E-state index contributed by atoms with van der Waals surface area (Å²) in [5.41, 5.74) is 3.12. The molecule has 0 N–H and O–H groups in total. The van der Waals surface area contributed by atoms with Gasteiger partial charge < -0.3 is 9.32 Å². The fourth-order valence-electron chi connectivity index (χ4n) is 3.18. The van der Waals surface area contributed by atoms with Crippen molar-refractivity contribution in [2.45, 2.75) is 50.5 Å². The molecule has 0 unspecified atom stereocenters. The van der Waals surface area contributed by atoms with E-state index in [4.69, 9.17) is 4.42 Å². The first kappa shape index (κ1) is 22.1. The van der Waals surface area contributed by atoms with Crippen molar-refractivity contribution in [1.29, 1.82) is 0 Å². The monoisotopic (exact) mass is 423 g/mol. The summed E-state index contributed by atoms with van der Waals surface area (Å²) >= 11 is 1.30. The van der Waals surface area contributed by atoms with Crippen LogP contribution in [0, 0.1) is 0 Å². The van der Waals surface area contributed by atoms with Crippen LogP contribution in [0.1, 0.15) is 51.0 Å². The lowest BCUT2D eigenvalue weighted by molar-refractivity contribution is -0.130. The summed E-state index contributed by atoms with van der Waals surface area (Å²) in [5, 5.41) is 8.37. The van der Waals surface area contributed by atoms with Gasteiger partial charge in [0.15, 0.2) is 0 Å². The molecule has 3 rings (SSSR count). The average Bonchev–Trinajstić information content (AvgIpc) is 3.21. The van der Waals surface area contributed by atoms with Crippen molar-refractivity contribution < 1.29 is 9.21 Å². The van der Waals surface area contributed by atoms with Crippen molar-refractivity contribution in [2.24, 2.45) is 0 Å². The Morgan fingerprint density at radius 3 is 2.20 bits per heavy atom. The predicted molar refractivity (Wildman–Crippen MR) is 121 cm³/mol. The lowest BCUT2D eigenvalue weighted by Gasteiger charge is -2.24. The SMILES string of the molecule is CCN(CC)C(=O)[C@@H](Sc1nnc(-c2ccc(C(C)(C)C)cc2)o1)c1ccccc1. The second-order valence-electron chi connectivity index (χ2n) is 8.12. The van der Waals surface area contributed by atoms with Crippen molar-refractivity contribution in [1.82, 2.24) is 15.1 Å². The van der Waals surface area contributed by atoms with E-state index < -0.39 is 5.25 Å². The van der Waals surface area contributed by atoms with Crippen molar-refractivity contribution in [3.63, 3.8) is 0 Å². The van der Waals surface area contributed by atoms with Crippen molar-refractivity contribution >= 4 is 17.7 Å². The van der Waals surface area contributed by atoms with Crippen LogP contribution >= 0.6 is 11.8 Å². The maximum Gasteiger partial charge on any atom is 0.277 e. The fraction of sp³-hybridized carbons (Fsp3) is 0.375. The van der Waals surface area contributed by atoms with E-state index in [0.29, 0.717) is 24.2 Å². The van der Waals surface area contributed by atoms with Gasteiger partial charge >= 0.3 is 0 Å². The second kappa shape index (κ2) is 9.47. The Kier molecular flexibility index (Phi) is 6.98. The smallest absolute Gasteiger partial charge is 0.277 e. The number of benzene rings is 2. The Morgan fingerprint density at radius 1 is 1.00 bits per heavy atom. The van der Waals surface area contributed by atoms with Gasteiger partial charge in [-0.3, -0.25) is 4.79 Å². The summed E-state index contributed by atoms with van der Waals surface area (Å²) in [6.45, 7) is 11.8. The molecule has 158 valence electrons. The fourth-order valence-corrected chi connectivity index (χ4v) is 4.14. The average molecular weight is 424 g/mol. The predicted octanol–water partition coefficient (Wildman–Crippen LogP) is 5.74. The Bertz CT molecular complexity index is 958. The third kappa shape index (κ3) is 5.11. The number of likely N-dealkylation sites (N-methyl/N-ethyl adjacent to an activating group) is 1. The molecule has 1 heterocycles. The van der Waals surface area contributed by atoms with E-state index in [1.165, 1.54) is 17.3 Å². The lowest BCUT2D eigenvalue weighted by Crippen LogP contribution is -2.33. The third-order valence-corrected chi connectivity index (χ3v) is 6.10. The molecule has 0 saturated carbocycles. The number of aromatic nitrogens is 2. The van der Waals surface area contributed by atoms with E-state index in [9.17, 15) is 4.79 Å². The first-order chi connectivity index (χ1) is 14.3. The van der Waals surface area contributed by atoms with E-state index >= 15 is 0 Å². The maximum atomic E-state index is 13.1. The zero-order chi connectivity index (χ0) is 21.7. The van der Waals surface area contributed by atoms with Crippen LogP contribution in [-0.4, -0.2) is 34.1 Å². The maximum absolute atomic E-state index is 13.1. The van der Waals surface area contributed by atoms with Gasteiger partial charge in [-0.05, 0) is 54.3 Å². The number of hydrogen-bond acceptors (Lipinski definition) is 5. The van der Waals surface area contributed by atoms with Crippen LogP contribution in [0.15, 0.2) is 64.2 Å². The van der Waals surface area contributed by atoms with E-state index in [1.807, 2.05) is 61.2 Å². The van der Waals surface area contributed by atoms with Gasteiger partial charge in [0.1, 0.15) is 5.25 Å². The van der Waals surface area contributed by atoms with Crippen LogP contribution in [0.25, 0.3) is 11.5 Å². The topological polar surface area (TPSA) is 59.2 Å². The second-order valence-corrected chi connectivity index (χ2v) is 9.18. The molecular weight excluding hydrogens is 394 g/mol. The van der Waals surface area contributed by atoms with Gasteiger partial charge in [-0.15, -0.1) is 10.2 Å². The van der Waals surface area contributed by atoms with Gasteiger partial charge in [-0.2, -0.15) is 0 Å². The quantitative estimate of drug-likeness (QED) is 0.454. The summed E-state index contributed by atoms with van der Waals surface area (Å²) in [7, 11) is 0. The van der Waals surface area contributed by atoms with Crippen LogP contribution in [0.2, 0.25) is 0 Å². The van der Waals surface area contributed by atoms with E-state index in [0.717, 1.165) is 11.1 Å². The van der Waals surface area contributed by atoms with Crippen molar-refractivity contribution in [3.8, 4) is 11.5 Å². The summed E-state index contributed by atoms with van der Waals surface area (Å²) in [4.78, 5) is 15.0. The summed E-state index contributed by atoms with van der Waals surface area (Å²) in [6, 6.07) is 17.9. The number of carbonyl (C=O) groups excluding carboxylic acids is 1. The van der Waals surface area contributed by atoms with Crippen LogP contribution in [0.5, 0.6) is 0 Å². The molecule has 3 aromatic rings. The third-order valence-electron chi connectivity index (χ3n) is 5.02. The highest BCUT2D eigenvalue weighted by Crippen LogP contribution is 2.37. The van der Waals surface area contributed by atoms with Crippen LogP contribution in [-0.2, 0) is 10.2 Å². The number of hydrogen-bond donors (Lipinski definition) is 0. The molecule has 0 spiro atoms. The van der Waals surface area contributed by atoms with Crippen LogP contribution in [0.3, 0.4) is 0 Å². The summed E-state index contributed by atoms with van der Waals surface area (Å²) in [6.07, 6.45) is 0. The zero-order valence-corrected chi connectivity index (χ0v) is 19.1. The number of amides is 1. The van der Waals surface area contributed by atoms with Crippen molar-refractivity contribution in [2.75, 3.05) is 13.1 Å². The molecular formula is C24H29N3O2S. The lowest BCUT2D eigenvalue weighted by atomic mass is 9.87. The minimum absolute atomic E-state index is 0.0467. The highest BCUT2D eigenvalue weighted by Gasteiger charge is 2.28. The molecule has 1 amide bonds. The van der Waals surface area contributed by atoms with Gasteiger partial charge in [-0.1, -0.05) is 63.2 Å². The van der Waals surface area contributed by atoms with E-state index in [1.54, 1.807) is 0 Å². The van der Waals surface area contributed by atoms with Crippen LogP contribution < -0.4 is 0 Å². The Labute approximate surface area is 182 Å². The molecule has 0 aliphatic heterocycles. The Morgan fingerprint density at radius 2 is 1.63 bits per heavy atom. The highest BCUT2D eigenvalue weighted by atomic mass is 32.2. The summed E-state index contributed by atoms with van der Waals surface area (Å²) in [5.74, 6) is 0.505. The largest absolute Gasteiger partial charge is 0.411 e. The Balaban J connectivity index is 1.84. The molecule has 1 aromatic heterocycles. The number of nitrogens with zero attached hydrogens (tertiary/aromatic N) is 3. The molecule has 0 bridgehead atoms. The first-order valence-electron chi connectivity index (χ1n) is 10.3. The van der Waals surface area contributed by atoms with Gasteiger partial charge in [0.25, 0.3) is 5.22 Å². The number of rotatable bonds is 7. The highest BCUT2D eigenvalue weighted by molar-refractivity contribution is 8.00. The molecule has 1 atom stereocenters. The number of carbonyl (C=O) groups is 1. The number of thioether (sulfide) groups is 1. The molecule has 6 heteroatoms. The summed E-state index contributed by atoms with van der Waals surface area (Å²) < 4.78 is 5.91. The first-order valence-corrected chi connectivity index (χ1v) is 11.2. The van der Waals surface area contributed by atoms with Gasteiger partial charge in [0.2, 0.25) is 11.8 Å². The molecule has 0 fully saturated rings. The van der Waals surface area contributed by atoms with E-state index in [-0.39, 0.29) is 11.3 Å². The van der Waals surface area contributed by atoms with Crippen molar-refractivity contribution in [3.05, 3.63) is 65.7 Å². The minimum Gasteiger partial charge on any atom is -0.411 e. The van der Waals surface area contributed by atoms with Gasteiger partial charge in [0.05, 0.1) is 0 Å². The minimum atomic E-state index is -0.428. The van der Waals surface area contributed by atoms with E-state index in [2.05, 4.69) is 43.1 Å². The molecule has 0 aliphatic rings.